The third-order valence-electron chi connectivity index (χ3n) is 5.05. The van der Waals surface area contributed by atoms with Gasteiger partial charge in [-0.2, -0.15) is 0 Å². The molecule has 1 saturated heterocycles. The van der Waals surface area contributed by atoms with Crippen LogP contribution in [-0.4, -0.2) is 73.5 Å². The van der Waals surface area contributed by atoms with Crippen molar-refractivity contribution in [2.45, 2.75) is 17.8 Å². The van der Waals surface area contributed by atoms with Crippen LogP contribution in [0.15, 0.2) is 39.3 Å². The molecular weight excluding hydrogens is 514 g/mol. The molecular formula is C20H21N7O5S3. The third-order valence-corrected chi connectivity index (χ3v) is 8.28. The summed E-state index contributed by atoms with van der Waals surface area (Å²) < 4.78 is 0. The maximum absolute atomic E-state index is 12.9. The van der Waals surface area contributed by atoms with Crippen molar-refractivity contribution in [1.82, 2.24) is 20.2 Å². The summed E-state index contributed by atoms with van der Waals surface area (Å²) in [7, 11) is 1.28. The van der Waals surface area contributed by atoms with Crippen molar-refractivity contribution in [3.05, 3.63) is 45.6 Å². The number of fused-ring (bicyclic) bond motifs is 1. The predicted molar refractivity (Wildman–Crippen MR) is 135 cm³/mol. The minimum atomic E-state index is -1.20. The summed E-state index contributed by atoms with van der Waals surface area (Å²) in [4.78, 5) is 52.6. The van der Waals surface area contributed by atoms with E-state index in [-0.39, 0.29) is 22.2 Å². The van der Waals surface area contributed by atoms with Crippen LogP contribution in [0.1, 0.15) is 11.4 Å². The molecule has 0 aromatic carbocycles. The molecule has 0 unspecified atom stereocenters. The average Bonchev–Trinajstić information content (AvgIpc) is 3.26. The number of anilines is 2. The Morgan fingerprint density at radius 3 is 2.83 bits per heavy atom. The number of nitrogens with zero attached hydrogens (tertiary/aromatic N) is 4. The number of oxime groups is 1. The zero-order valence-corrected chi connectivity index (χ0v) is 20.8. The van der Waals surface area contributed by atoms with Gasteiger partial charge in [0.25, 0.3) is 11.8 Å². The van der Waals surface area contributed by atoms with Crippen LogP contribution in [0.5, 0.6) is 0 Å². The Morgan fingerprint density at radius 2 is 2.17 bits per heavy atom. The van der Waals surface area contributed by atoms with Crippen LogP contribution >= 0.6 is 34.9 Å². The maximum atomic E-state index is 12.9. The van der Waals surface area contributed by atoms with Gasteiger partial charge < -0.3 is 26.7 Å². The number of nitrogens with one attached hydrogen (secondary N) is 1. The van der Waals surface area contributed by atoms with Crippen molar-refractivity contribution >= 4 is 69.3 Å². The van der Waals surface area contributed by atoms with Gasteiger partial charge in [0.2, 0.25) is 0 Å². The van der Waals surface area contributed by atoms with Gasteiger partial charge in [-0.25, -0.2) is 14.8 Å². The lowest BCUT2D eigenvalue weighted by Gasteiger charge is -2.49. The monoisotopic (exact) mass is 535 g/mol. The molecule has 2 aliphatic rings. The fraction of sp³-hybridized carbons (Fsp3) is 0.300. The average molecular weight is 536 g/mol. The van der Waals surface area contributed by atoms with Crippen molar-refractivity contribution < 1.29 is 24.3 Å². The second kappa shape index (κ2) is 10.5. The number of thioether (sulfide) groups is 2. The van der Waals surface area contributed by atoms with Gasteiger partial charge in [-0.15, -0.1) is 34.9 Å². The van der Waals surface area contributed by atoms with Crippen LogP contribution in [0.25, 0.3) is 0 Å². The van der Waals surface area contributed by atoms with Gasteiger partial charge in [0, 0.05) is 27.5 Å². The van der Waals surface area contributed by atoms with E-state index in [1.807, 2.05) is 12.1 Å². The highest BCUT2D eigenvalue weighted by molar-refractivity contribution is 8.06. The van der Waals surface area contributed by atoms with Crippen LogP contribution in [-0.2, 0) is 25.6 Å². The summed E-state index contributed by atoms with van der Waals surface area (Å²) >= 11 is 3.87. The first-order valence-corrected chi connectivity index (χ1v) is 13.1. The first-order valence-electron chi connectivity index (χ1n) is 10.2. The van der Waals surface area contributed by atoms with Gasteiger partial charge in [-0.1, -0.05) is 11.2 Å². The summed E-state index contributed by atoms with van der Waals surface area (Å²) in [5.74, 6) is -1.00. The number of aryl methyl sites for hydroxylation is 1. The lowest BCUT2D eigenvalue weighted by Crippen LogP contribution is -2.71. The third kappa shape index (κ3) is 5.21. The quantitative estimate of drug-likeness (QED) is 0.201. The molecule has 2 atom stereocenters. The number of nitrogen functional groups attached to an aromatic ring is 2. The molecule has 4 heterocycles. The van der Waals surface area contributed by atoms with Crippen molar-refractivity contribution in [2.75, 3.05) is 30.1 Å². The second-order valence-electron chi connectivity index (χ2n) is 7.28. The Bertz CT molecular complexity index is 1230. The van der Waals surface area contributed by atoms with Gasteiger partial charge in [-0.3, -0.25) is 14.5 Å². The van der Waals surface area contributed by atoms with Gasteiger partial charge >= 0.3 is 5.97 Å². The minimum Gasteiger partial charge on any atom is -0.477 e. The summed E-state index contributed by atoms with van der Waals surface area (Å²) in [5, 5.41) is 17.4. The highest BCUT2D eigenvalue weighted by atomic mass is 32.2. The van der Waals surface area contributed by atoms with E-state index in [4.69, 9.17) is 16.3 Å². The second-order valence-corrected chi connectivity index (χ2v) is 10.5. The van der Waals surface area contributed by atoms with Gasteiger partial charge in [0.15, 0.2) is 10.8 Å². The Balaban J connectivity index is 1.44. The molecule has 0 aliphatic carbocycles. The molecule has 0 radical (unpaired) electrons. The number of carboxylic acid groups (broad SMARTS) is 1. The topological polar surface area (TPSA) is 186 Å². The van der Waals surface area contributed by atoms with Gasteiger partial charge in [-0.05, 0) is 18.6 Å². The highest BCUT2D eigenvalue weighted by Gasteiger charge is 2.54. The zero-order chi connectivity index (χ0) is 25.1. The largest absolute Gasteiger partial charge is 0.477 e. The van der Waals surface area contributed by atoms with Crippen LogP contribution < -0.4 is 16.8 Å². The molecule has 6 N–H and O–H groups in total. The number of rotatable bonds is 9. The van der Waals surface area contributed by atoms with E-state index in [9.17, 15) is 19.5 Å². The summed E-state index contributed by atoms with van der Waals surface area (Å²) in [6.07, 6.45) is 0.593. The van der Waals surface area contributed by atoms with E-state index in [1.165, 1.54) is 35.5 Å². The molecule has 0 spiro atoms. The number of hydrogen-bond donors (Lipinski definition) is 4. The van der Waals surface area contributed by atoms with E-state index in [0.717, 1.165) is 17.0 Å². The van der Waals surface area contributed by atoms with Crippen molar-refractivity contribution in [2.24, 2.45) is 5.16 Å². The van der Waals surface area contributed by atoms with Crippen LogP contribution in [0, 0.1) is 0 Å². The van der Waals surface area contributed by atoms with E-state index < -0.39 is 29.2 Å². The van der Waals surface area contributed by atoms with Gasteiger partial charge in [0.1, 0.15) is 35.7 Å². The molecule has 2 amide bonds. The van der Waals surface area contributed by atoms with E-state index >= 15 is 0 Å². The number of aliphatic carboxylic acids is 1. The van der Waals surface area contributed by atoms with E-state index in [0.29, 0.717) is 28.6 Å². The summed E-state index contributed by atoms with van der Waals surface area (Å²) in [5.41, 5.74) is 12.2. The first-order chi connectivity index (χ1) is 16.8. The lowest BCUT2D eigenvalue weighted by molar-refractivity contribution is -0.150. The molecule has 2 aliphatic heterocycles. The smallest absolute Gasteiger partial charge is 0.353 e. The molecule has 15 heteroatoms. The number of hydrogen-bond acceptors (Lipinski definition) is 12. The van der Waals surface area contributed by atoms with Crippen molar-refractivity contribution in [3.8, 4) is 0 Å². The molecule has 35 heavy (non-hydrogen) atoms. The Morgan fingerprint density at radius 1 is 1.37 bits per heavy atom. The van der Waals surface area contributed by atoms with Crippen molar-refractivity contribution in [1.29, 1.82) is 0 Å². The molecule has 2 aromatic heterocycles. The number of amides is 2. The first kappa shape index (κ1) is 24.8. The molecule has 4 rings (SSSR count). The lowest BCUT2D eigenvalue weighted by atomic mass is 10.0. The normalized spacial score (nSPS) is 19.7. The van der Waals surface area contributed by atoms with Crippen LogP contribution in [0.2, 0.25) is 0 Å². The molecule has 184 valence electrons. The predicted octanol–water partition coefficient (Wildman–Crippen LogP) is 0.725. The van der Waals surface area contributed by atoms with Crippen molar-refractivity contribution in [3.63, 3.8) is 0 Å². The standard InChI is InChI=1S/C20H21N7O5S3/c1-32-26-13(10-7-35-20(22)24-10)16(28)25-14-17(29)27-15(19(30)31)11(8-34-18(14)27)33-6-5-9-3-2-4-12(21)23-9/h2-4,7,14,18H,5-6,8H2,1H3,(H2,21,23)(H2,22,24)(H,25,28)(H,30,31)/b26-13-/t14-,18-/m1/s1. The SMILES string of the molecule is CO/N=C(\C(=O)N[C@@H]1C(=O)N2C(C(=O)O)=C(SCCc3cccc(N)n3)CS[C@H]12)c1csc(N)n1. The number of aromatic nitrogens is 2. The molecule has 1 fully saturated rings. The fourth-order valence-corrected chi connectivity index (χ4v) is 6.68. The number of carboxylic acids is 1. The number of nitrogens with two attached hydrogens (primary N) is 2. The van der Waals surface area contributed by atoms with Crippen LogP contribution in [0.4, 0.5) is 10.9 Å². The maximum Gasteiger partial charge on any atom is 0.353 e. The highest BCUT2D eigenvalue weighted by Crippen LogP contribution is 2.43. The Hall–Kier alpha value is -3.30. The Kier molecular flexibility index (Phi) is 7.47. The number of pyridine rings is 1. The van der Waals surface area contributed by atoms with Crippen LogP contribution in [0.3, 0.4) is 0 Å². The zero-order valence-electron chi connectivity index (χ0n) is 18.3. The molecule has 2 aromatic rings. The number of carbonyl (C=O) groups excluding carboxylic acids is 2. The number of thiazole rings is 1. The Labute approximate surface area is 212 Å². The number of carbonyl (C=O) groups is 3. The summed E-state index contributed by atoms with van der Waals surface area (Å²) in [6.45, 7) is 0. The number of β-lactam (4-membered cyclic amide) rings is 1. The fourth-order valence-electron chi connectivity index (χ4n) is 3.52. The van der Waals surface area contributed by atoms with E-state index in [2.05, 4.69) is 20.4 Å². The summed E-state index contributed by atoms with van der Waals surface area (Å²) in [6, 6.07) is 4.44. The van der Waals surface area contributed by atoms with Gasteiger partial charge in [0.05, 0.1) is 0 Å². The molecule has 12 nitrogen and oxygen atoms in total. The van der Waals surface area contributed by atoms with E-state index in [1.54, 1.807) is 11.4 Å². The molecule has 0 bridgehead atoms. The minimum absolute atomic E-state index is 0.0622. The molecule has 0 saturated carbocycles.